The number of aryl methyl sites for hydroxylation is 2. The maximum Gasteiger partial charge on any atom is 0.282 e. The number of benzene rings is 2. The number of hydrogen-bond acceptors (Lipinski definition) is 4. The molecule has 2 heterocycles. The van der Waals surface area contributed by atoms with Crippen molar-refractivity contribution in [3.8, 4) is 5.75 Å². The minimum atomic E-state index is -0.359. The number of para-hydroxylation sites is 2. The predicted molar refractivity (Wildman–Crippen MR) is 108 cm³/mol. The van der Waals surface area contributed by atoms with Crippen molar-refractivity contribution in [3.05, 3.63) is 70.1 Å². The second-order valence-electron chi connectivity index (χ2n) is 7.24. The van der Waals surface area contributed by atoms with Gasteiger partial charge in [0.1, 0.15) is 11.9 Å². The fourth-order valence-corrected chi connectivity index (χ4v) is 3.63. The average molecular weight is 377 g/mol. The summed E-state index contributed by atoms with van der Waals surface area (Å²) in [5.41, 5.74) is 2.14. The Balaban J connectivity index is 1.48. The van der Waals surface area contributed by atoms with Crippen LogP contribution in [0.4, 0.5) is 0 Å². The van der Waals surface area contributed by atoms with E-state index in [-0.39, 0.29) is 23.3 Å². The number of amides is 1. The summed E-state index contributed by atoms with van der Waals surface area (Å²) in [4.78, 5) is 31.6. The smallest absolute Gasteiger partial charge is 0.282 e. The first-order valence-corrected chi connectivity index (χ1v) is 9.51. The molecule has 144 valence electrons. The molecule has 0 N–H and O–H groups in total. The number of ether oxygens (including phenoxy) is 1. The van der Waals surface area contributed by atoms with Crippen molar-refractivity contribution in [1.29, 1.82) is 0 Å². The quantitative estimate of drug-likeness (QED) is 0.704. The summed E-state index contributed by atoms with van der Waals surface area (Å²) in [6, 6.07) is 15.3. The maximum atomic E-state index is 12.9. The van der Waals surface area contributed by atoms with Crippen LogP contribution < -0.4 is 10.3 Å². The Morgan fingerprint density at radius 1 is 1.11 bits per heavy atom. The van der Waals surface area contributed by atoms with Gasteiger partial charge in [-0.1, -0.05) is 24.3 Å². The fraction of sp³-hybridized carbons (Fsp3) is 0.318. The van der Waals surface area contributed by atoms with Crippen molar-refractivity contribution < 1.29 is 9.53 Å². The van der Waals surface area contributed by atoms with Crippen LogP contribution >= 0.6 is 0 Å². The van der Waals surface area contributed by atoms with Gasteiger partial charge in [0.25, 0.3) is 11.5 Å². The minimum Gasteiger partial charge on any atom is -0.490 e. The zero-order valence-corrected chi connectivity index (χ0v) is 16.1. The van der Waals surface area contributed by atoms with Crippen molar-refractivity contribution >= 4 is 16.9 Å². The molecule has 1 saturated heterocycles. The van der Waals surface area contributed by atoms with E-state index >= 15 is 0 Å². The number of piperidine rings is 1. The van der Waals surface area contributed by atoms with Gasteiger partial charge < -0.3 is 14.2 Å². The van der Waals surface area contributed by atoms with Gasteiger partial charge >= 0.3 is 0 Å². The topological polar surface area (TPSA) is 64.4 Å². The number of fused-ring (bicyclic) bond motifs is 1. The number of nitrogens with zero attached hydrogens (tertiary/aromatic N) is 3. The molecule has 3 aromatic rings. The van der Waals surface area contributed by atoms with Crippen molar-refractivity contribution in [3.63, 3.8) is 0 Å². The van der Waals surface area contributed by atoms with Crippen LogP contribution in [0.5, 0.6) is 5.75 Å². The number of carbonyl (C=O) groups excluding carboxylic acids is 1. The summed E-state index contributed by atoms with van der Waals surface area (Å²) in [7, 11) is 1.67. The third-order valence-corrected chi connectivity index (χ3v) is 5.21. The number of rotatable bonds is 3. The van der Waals surface area contributed by atoms with Crippen LogP contribution in [0.15, 0.2) is 53.3 Å². The lowest BCUT2D eigenvalue weighted by molar-refractivity contribution is 0.0588. The molecule has 0 spiro atoms. The van der Waals surface area contributed by atoms with E-state index in [2.05, 4.69) is 4.98 Å². The molecule has 0 bridgehead atoms. The molecule has 28 heavy (non-hydrogen) atoms. The van der Waals surface area contributed by atoms with Crippen molar-refractivity contribution in [2.24, 2.45) is 7.05 Å². The number of likely N-dealkylation sites (tertiary alicyclic amines) is 1. The van der Waals surface area contributed by atoms with E-state index in [0.29, 0.717) is 24.1 Å². The van der Waals surface area contributed by atoms with Gasteiger partial charge in [-0.05, 0) is 36.8 Å². The van der Waals surface area contributed by atoms with E-state index < -0.39 is 0 Å². The van der Waals surface area contributed by atoms with E-state index in [4.69, 9.17) is 4.74 Å². The first kappa shape index (κ1) is 18.2. The molecule has 1 aromatic heterocycles. The molecule has 0 atom stereocenters. The van der Waals surface area contributed by atoms with Crippen LogP contribution in [0.2, 0.25) is 0 Å². The molecule has 1 fully saturated rings. The van der Waals surface area contributed by atoms with Gasteiger partial charge in [0, 0.05) is 33.0 Å². The van der Waals surface area contributed by atoms with E-state index in [9.17, 15) is 9.59 Å². The summed E-state index contributed by atoms with van der Waals surface area (Å²) >= 11 is 0. The summed E-state index contributed by atoms with van der Waals surface area (Å²) < 4.78 is 7.54. The molecule has 0 aliphatic carbocycles. The Morgan fingerprint density at radius 2 is 1.86 bits per heavy atom. The molecule has 6 heteroatoms. The van der Waals surface area contributed by atoms with Gasteiger partial charge in [-0.3, -0.25) is 9.59 Å². The van der Waals surface area contributed by atoms with E-state index in [1.165, 1.54) is 4.57 Å². The minimum absolute atomic E-state index is 0.0146. The molecule has 1 aliphatic heterocycles. The average Bonchev–Trinajstić information content (AvgIpc) is 2.71. The highest BCUT2D eigenvalue weighted by molar-refractivity contribution is 5.94. The predicted octanol–water partition coefficient (Wildman–Crippen LogP) is 2.93. The number of aromatic nitrogens is 2. The van der Waals surface area contributed by atoms with E-state index in [0.717, 1.165) is 24.2 Å². The normalized spacial score (nSPS) is 15.0. The third kappa shape index (κ3) is 3.50. The zero-order valence-electron chi connectivity index (χ0n) is 16.1. The van der Waals surface area contributed by atoms with Crippen LogP contribution in [-0.2, 0) is 7.05 Å². The van der Waals surface area contributed by atoms with Gasteiger partial charge in [0.05, 0.1) is 11.0 Å². The molecule has 0 saturated carbocycles. The highest BCUT2D eigenvalue weighted by atomic mass is 16.5. The third-order valence-electron chi connectivity index (χ3n) is 5.21. The zero-order chi connectivity index (χ0) is 19.7. The van der Waals surface area contributed by atoms with Crippen molar-refractivity contribution in [2.45, 2.75) is 25.9 Å². The highest BCUT2D eigenvalue weighted by Gasteiger charge is 2.27. The fourth-order valence-electron chi connectivity index (χ4n) is 3.63. The lowest BCUT2D eigenvalue weighted by Gasteiger charge is -2.32. The first-order chi connectivity index (χ1) is 13.5. The first-order valence-electron chi connectivity index (χ1n) is 9.51. The Kier molecular flexibility index (Phi) is 4.86. The summed E-state index contributed by atoms with van der Waals surface area (Å²) in [6.07, 6.45) is 1.53. The standard InChI is InChI=1S/C22H23N3O3/c1-15-6-5-7-17(14-15)28-16-10-12-25(13-11-16)22(27)20-21(26)24(2)19-9-4-3-8-18(19)23-20/h3-9,14,16H,10-13H2,1-2H3. The molecule has 1 aliphatic rings. The van der Waals surface area contributed by atoms with Gasteiger partial charge in [-0.2, -0.15) is 0 Å². The van der Waals surface area contributed by atoms with Crippen LogP contribution in [0.25, 0.3) is 11.0 Å². The molecular weight excluding hydrogens is 354 g/mol. The second kappa shape index (κ2) is 7.46. The Bertz CT molecular complexity index is 1080. The van der Waals surface area contributed by atoms with Gasteiger partial charge in [0.2, 0.25) is 0 Å². The molecule has 1 amide bonds. The molecule has 6 nitrogen and oxygen atoms in total. The van der Waals surface area contributed by atoms with Crippen LogP contribution in [0.3, 0.4) is 0 Å². The Hall–Kier alpha value is -3.15. The van der Waals surface area contributed by atoms with Gasteiger partial charge in [0.15, 0.2) is 5.69 Å². The number of hydrogen-bond donors (Lipinski definition) is 0. The lowest BCUT2D eigenvalue weighted by atomic mass is 10.1. The molecular formula is C22H23N3O3. The second-order valence-corrected chi connectivity index (χ2v) is 7.24. The van der Waals surface area contributed by atoms with Crippen LogP contribution in [0, 0.1) is 6.92 Å². The summed E-state index contributed by atoms with van der Waals surface area (Å²) in [6.45, 7) is 3.13. The largest absolute Gasteiger partial charge is 0.490 e. The molecule has 2 aromatic carbocycles. The highest BCUT2D eigenvalue weighted by Crippen LogP contribution is 2.21. The molecule has 0 radical (unpaired) electrons. The molecule has 4 rings (SSSR count). The summed E-state index contributed by atoms with van der Waals surface area (Å²) in [5, 5.41) is 0. The summed E-state index contributed by atoms with van der Waals surface area (Å²) in [5.74, 6) is 0.551. The SMILES string of the molecule is Cc1cccc(OC2CCN(C(=O)c3nc4ccccc4n(C)c3=O)CC2)c1. The maximum absolute atomic E-state index is 12.9. The monoisotopic (exact) mass is 377 g/mol. The van der Waals surface area contributed by atoms with Gasteiger partial charge in [-0.25, -0.2) is 4.98 Å². The van der Waals surface area contributed by atoms with E-state index in [1.807, 2.05) is 55.5 Å². The Morgan fingerprint density at radius 3 is 2.61 bits per heavy atom. The van der Waals surface area contributed by atoms with Crippen LogP contribution in [-0.4, -0.2) is 39.6 Å². The van der Waals surface area contributed by atoms with Crippen molar-refractivity contribution in [2.75, 3.05) is 13.1 Å². The van der Waals surface area contributed by atoms with Gasteiger partial charge in [-0.15, -0.1) is 0 Å². The Labute approximate surface area is 163 Å². The molecule has 0 unspecified atom stereocenters. The lowest BCUT2D eigenvalue weighted by Crippen LogP contribution is -2.44. The van der Waals surface area contributed by atoms with E-state index in [1.54, 1.807) is 11.9 Å². The van der Waals surface area contributed by atoms with Crippen molar-refractivity contribution in [1.82, 2.24) is 14.5 Å². The number of carbonyl (C=O) groups is 1. The van der Waals surface area contributed by atoms with Crippen LogP contribution in [0.1, 0.15) is 28.9 Å².